The van der Waals surface area contributed by atoms with Crippen LogP contribution in [0.3, 0.4) is 0 Å². The highest BCUT2D eigenvalue weighted by molar-refractivity contribution is 5.64. The van der Waals surface area contributed by atoms with Gasteiger partial charge >= 0.3 is 0 Å². The van der Waals surface area contributed by atoms with E-state index in [9.17, 15) is 14.5 Å². The highest BCUT2D eigenvalue weighted by Gasteiger charge is 2.25. The van der Waals surface area contributed by atoms with Gasteiger partial charge in [0, 0.05) is 32.4 Å². The Morgan fingerprint density at radius 1 is 1.21 bits per heavy atom. The van der Waals surface area contributed by atoms with Gasteiger partial charge in [0.1, 0.15) is 23.4 Å². The van der Waals surface area contributed by atoms with Crippen LogP contribution in [-0.2, 0) is 0 Å². The number of pyridine rings is 1. The monoisotopic (exact) mass is 327 g/mol. The molecule has 0 spiro atoms. The average Bonchev–Trinajstić information content (AvgIpc) is 2.62. The van der Waals surface area contributed by atoms with Gasteiger partial charge in [-0.05, 0) is 24.3 Å². The van der Waals surface area contributed by atoms with E-state index in [-0.39, 0.29) is 5.69 Å². The molecule has 0 amide bonds. The summed E-state index contributed by atoms with van der Waals surface area (Å²) in [6.45, 7) is 2.18. The first-order valence-electron chi connectivity index (χ1n) is 7.39. The number of benzene rings is 1. The Hall–Kier alpha value is -3.21. The van der Waals surface area contributed by atoms with E-state index in [0.717, 1.165) is 6.07 Å². The molecule has 122 valence electrons. The Kier molecular flexibility index (Phi) is 4.24. The molecule has 1 aromatic heterocycles. The quantitative estimate of drug-likeness (QED) is 0.635. The number of aromatic nitrogens is 1. The van der Waals surface area contributed by atoms with E-state index in [0.29, 0.717) is 43.2 Å². The molecule has 0 N–H and O–H groups in total. The van der Waals surface area contributed by atoms with Crippen molar-refractivity contribution in [2.75, 3.05) is 36.0 Å². The molecule has 1 saturated heterocycles. The molecule has 2 heterocycles. The molecule has 3 rings (SSSR count). The lowest BCUT2D eigenvalue weighted by atomic mass is 10.2. The molecule has 0 unspecified atom stereocenters. The molecule has 2 aromatic rings. The van der Waals surface area contributed by atoms with Crippen molar-refractivity contribution >= 4 is 17.2 Å². The second-order valence-electron chi connectivity index (χ2n) is 5.35. The normalized spacial score (nSPS) is 14.3. The smallest absolute Gasteiger partial charge is 0.295 e. The van der Waals surface area contributed by atoms with Gasteiger partial charge < -0.3 is 9.80 Å². The number of piperazine rings is 1. The summed E-state index contributed by atoms with van der Waals surface area (Å²) in [5.74, 6) is -0.00973. The maximum atomic E-state index is 13.3. The molecule has 1 aliphatic rings. The first-order valence-corrected chi connectivity index (χ1v) is 7.39. The van der Waals surface area contributed by atoms with Gasteiger partial charge in [0.2, 0.25) is 0 Å². The first kappa shape index (κ1) is 15.7. The average molecular weight is 327 g/mol. The molecule has 8 heteroatoms. The van der Waals surface area contributed by atoms with Crippen molar-refractivity contribution in [2.45, 2.75) is 0 Å². The van der Waals surface area contributed by atoms with E-state index in [1.165, 1.54) is 12.1 Å². The number of halogens is 1. The van der Waals surface area contributed by atoms with Gasteiger partial charge in [-0.2, -0.15) is 5.26 Å². The number of rotatable bonds is 3. The van der Waals surface area contributed by atoms with Gasteiger partial charge in [-0.3, -0.25) is 10.1 Å². The molecule has 0 radical (unpaired) electrons. The molecule has 1 aromatic carbocycles. The van der Waals surface area contributed by atoms with Gasteiger partial charge in [-0.1, -0.05) is 0 Å². The summed E-state index contributed by atoms with van der Waals surface area (Å²) < 4.78 is 13.3. The van der Waals surface area contributed by atoms with Crippen molar-refractivity contribution in [3.8, 4) is 6.07 Å². The molecule has 0 bridgehead atoms. The SMILES string of the molecule is N#Cc1cccnc1N1CCN(c2ccc(F)cc2[N+](=O)[O-])CC1. The van der Waals surface area contributed by atoms with E-state index < -0.39 is 10.7 Å². The van der Waals surface area contributed by atoms with Crippen LogP contribution in [0.2, 0.25) is 0 Å². The number of hydrogen-bond donors (Lipinski definition) is 0. The third-order valence-corrected chi connectivity index (χ3v) is 3.96. The van der Waals surface area contributed by atoms with Crippen molar-refractivity contribution in [2.24, 2.45) is 0 Å². The van der Waals surface area contributed by atoms with Crippen molar-refractivity contribution < 1.29 is 9.31 Å². The van der Waals surface area contributed by atoms with Crippen molar-refractivity contribution in [1.29, 1.82) is 5.26 Å². The molecule has 7 nitrogen and oxygen atoms in total. The minimum atomic E-state index is -0.628. The lowest BCUT2D eigenvalue weighted by molar-refractivity contribution is -0.384. The van der Waals surface area contributed by atoms with Crippen LogP contribution in [-0.4, -0.2) is 36.1 Å². The summed E-state index contributed by atoms with van der Waals surface area (Å²) in [6.07, 6.45) is 1.63. The van der Waals surface area contributed by atoms with Crippen LogP contribution in [0, 0.1) is 27.3 Å². The van der Waals surface area contributed by atoms with Crippen molar-refractivity contribution in [1.82, 2.24) is 4.98 Å². The summed E-state index contributed by atoms with van der Waals surface area (Å²) in [4.78, 5) is 18.7. The molecule has 1 aliphatic heterocycles. The van der Waals surface area contributed by atoms with Crippen LogP contribution in [0.25, 0.3) is 0 Å². The minimum Gasteiger partial charge on any atom is -0.362 e. The number of hydrogen-bond acceptors (Lipinski definition) is 6. The second-order valence-corrected chi connectivity index (χ2v) is 5.35. The molecular weight excluding hydrogens is 313 g/mol. The fourth-order valence-electron chi connectivity index (χ4n) is 2.81. The Morgan fingerprint density at radius 3 is 2.58 bits per heavy atom. The fourth-order valence-corrected chi connectivity index (χ4v) is 2.81. The van der Waals surface area contributed by atoms with Crippen LogP contribution in [0.1, 0.15) is 5.56 Å². The summed E-state index contributed by atoms with van der Waals surface area (Å²) in [5, 5.41) is 20.3. The van der Waals surface area contributed by atoms with Crippen LogP contribution in [0.5, 0.6) is 0 Å². The summed E-state index contributed by atoms with van der Waals surface area (Å²) in [6, 6.07) is 9.13. The lowest BCUT2D eigenvalue weighted by Gasteiger charge is -2.36. The Morgan fingerprint density at radius 2 is 1.92 bits per heavy atom. The van der Waals surface area contributed by atoms with Crippen molar-refractivity contribution in [3.05, 3.63) is 58.0 Å². The van der Waals surface area contributed by atoms with Crippen LogP contribution in [0.4, 0.5) is 21.6 Å². The zero-order chi connectivity index (χ0) is 17.1. The third-order valence-electron chi connectivity index (χ3n) is 3.96. The first-order chi connectivity index (χ1) is 11.6. The number of nitriles is 1. The van der Waals surface area contributed by atoms with Crippen LogP contribution in [0.15, 0.2) is 36.5 Å². The Bertz CT molecular complexity index is 812. The van der Waals surface area contributed by atoms with E-state index >= 15 is 0 Å². The third kappa shape index (κ3) is 2.96. The largest absolute Gasteiger partial charge is 0.362 e. The summed E-state index contributed by atoms with van der Waals surface area (Å²) >= 11 is 0. The van der Waals surface area contributed by atoms with E-state index in [4.69, 9.17) is 5.26 Å². The molecule has 1 fully saturated rings. The Labute approximate surface area is 137 Å². The van der Waals surface area contributed by atoms with Crippen LogP contribution < -0.4 is 9.80 Å². The van der Waals surface area contributed by atoms with Gasteiger partial charge in [0.05, 0.1) is 16.6 Å². The zero-order valence-electron chi connectivity index (χ0n) is 12.7. The molecule has 0 atom stereocenters. The van der Waals surface area contributed by atoms with E-state index in [1.807, 2.05) is 9.80 Å². The van der Waals surface area contributed by atoms with Crippen molar-refractivity contribution in [3.63, 3.8) is 0 Å². The van der Waals surface area contributed by atoms with Gasteiger partial charge in [0.15, 0.2) is 0 Å². The number of nitro benzene ring substituents is 1. The van der Waals surface area contributed by atoms with Crippen LogP contribution >= 0.6 is 0 Å². The fraction of sp³-hybridized carbons (Fsp3) is 0.250. The minimum absolute atomic E-state index is 0.237. The molecule has 24 heavy (non-hydrogen) atoms. The lowest BCUT2D eigenvalue weighted by Crippen LogP contribution is -2.47. The van der Waals surface area contributed by atoms with E-state index in [1.54, 1.807) is 18.3 Å². The molecule has 0 saturated carbocycles. The highest BCUT2D eigenvalue weighted by Crippen LogP contribution is 2.30. The number of nitro groups is 1. The molecular formula is C16H14FN5O2. The Balaban J connectivity index is 1.79. The van der Waals surface area contributed by atoms with Gasteiger partial charge in [-0.15, -0.1) is 0 Å². The summed E-state index contributed by atoms with van der Waals surface area (Å²) in [5.41, 5.74) is 0.667. The van der Waals surface area contributed by atoms with E-state index in [2.05, 4.69) is 11.1 Å². The summed E-state index contributed by atoms with van der Waals surface area (Å²) in [7, 11) is 0. The number of nitrogens with zero attached hydrogens (tertiary/aromatic N) is 5. The standard InChI is InChI=1S/C16H14FN5O2/c17-13-3-4-14(15(10-13)22(23)24)20-6-8-21(9-7-20)16-12(11-18)2-1-5-19-16/h1-5,10H,6-9H2. The molecule has 0 aliphatic carbocycles. The maximum absolute atomic E-state index is 13.3. The predicted molar refractivity (Wildman–Crippen MR) is 86.4 cm³/mol. The predicted octanol–water partition coefficient (Wildman–Crippen LogP) is 2.33. The highest BCUT2D eigenvalue weighted by atomic mass is 19.1. The maximum Gasteiger partial charge on any atom is 0.295 e. The topological polar surface area (TPSA) is 86.3 Å². The van der Waals surface area contributed by atoms with Gasteiger partial charge in [-0.25, -0.2) is 9.37 Å². The number of anilines is 2. The van der Waals surface area contributed by atoms with Gasteiger partial charge in [0.25, 0.3) is 5.69 Å². The zero-order valence-corrected chi connectivity index (χ0v) is 12.7. The second kappa shape index (κ2) is 6.50.